The minimum absolute atomic E-state index is 0.132. The second-order valence-corrected chi connectivity index (χ2v) is 6.24. The van der Waals surface area contributed by atoms with Gasteiger partial charge in [-0.1, -0.05) is 44.4 Å². The number of pyridine rings is 1. The highest BCUT2D eigenvalue weighted by atomic mass is 16.5. The summed E-state index contributed by atoms with van der Waals surface area (Å²) in [6.07, 6.45) is 4.98. The van der Waals surface area contributed by atoms with E-state index in [4.69, 9.17) is 0 Å². The smallest absolute Gasteiger partial charge is 0.270 e. The second kappa shape index (κ2) is 10.2. The summed E-state index contributed by atoms with van der Waals surface area (Å²) >= 11 is 0. The number of rotatable bonds is 9. The predicted molar refractivity (Wildman–Crippen MR) is 99.5 cm³/mol. The molecule has 0 spiro atoms. The number of hydrogen-bond donors (Lipinski definition) is 3. The monoisotopic (exact) mass is 372 g/mol. The number of nitrogens with one attached hydrogen (secondary N) is 2. The van der Waals surface area contributed by atoms with Crippen molar-refractivity contribution in [3.63, 3.8) is 0 Å². The highest BCUT2D eigenvalue weighted by molar-refractivity contribution is 6.06. The number of aromatic nitrogens is 1. The van der Waals surface area contributed by atoms with Crippen molar-refractivity contribution in [3.8, 4) is 0 Å². The van der Waals surface area contributed by atoms with Gasteiger partial charge in [-0.3, -0.25) is 35.4 Å². The van der Waals surface area contributed by atoms with E-state index in [1.807, 2.05) is 13.0 Å². The molecule has 3 amide bonds. The summed E-state index contributed by atoms with van der Waals surface area (Å²) in [5.41, 5.74) is 5.85. The van der Waals surface area contributed by atoms with Gasteiger partial charge in [-0.2, -0.15) is 0 Å². The Labute approximate surface area is 157 Å². The Bertz CT molecular complexity index is 791. The van der Waals surface area contributed by atoms with Gasteiger partial charge in [-0.15, -0.1) is 0 Å². The summed E-state index contributed by atoms with van der Waals surface area (Å²) in [5, 5.41) is 10.5. The third-order valence-corrected chi connectivity index (χ3v) is 4.25. The Hall–Kier alpha value is -3.00. The molecular weight excluding hydrogens is 348 g/mol. The van der Waals surface area contributed by atoms with E-state index >= 15 is 0 Å². The Morgan fingerprint density at radius 1 is 1.22 bits per heavy atom. The van der Waals surface area contributed by atoms with E-state index in [0.717, 1.165) is 19.3 Å². The number of hydroxylamine groups is 2. The summed E-state index contributed by atoms with van der Waals surface area (Å²) in [6.45, 7) is 1.91. The van der Waals surface area contributed by atoms with Crippen LogP contribution in [0.2, 0.25) is 0 Å². The van der Waals surface area contributed by atoms with Gasteiger partial charge in [0.1, 0.15) is 0 Å². The van der Waals surface area contributed by atoms with Gasteiger partial charge in [0.25, 0.3) is 5.91 Å². The molecule has 0 unspecified atom stereocenters. The van der Waals surface area contributed by atoms with Gasteiger partial charge >= 0.3 is 0 Å². The molecule has 1 atom stereocenters. The predicted octanol–water partition coefficient (Wildman–Crippen LogP) is 2.04. The number of hydrazine groups is 1. The first-order valence-electron chi connectivity index (χ1n) is 8.91. The number of fused-ring (bicyclic) bond motifs is 1. The van der Waals surface area contributed by atoms with Crippen molar-refractivity contribution in [1.82, 2.24) is 20.9 Å². The number of amides is 3. The average molecular weight is 372 g/mol. The first-order valence-corrected chi connectivity index (χ1v) is 8.91. The SMILES string of the molecule is CCCCC[C@H](CN(O)C=O)C(=O)NNC(=O)c1ccnc2ccccc12. The Balaban J connectivity index is 2.02. The van der Waals surface area contributed by atoms with Gasteiger partial charge in [0.15, 0.2) is 0 Å². The molecule has 27 heavy (non-hydrogen) atoms. The fraction of sp³-hybridized carbons (Fsp3) is 0.368. The highest BCUT2D eigenvalue weighted by Crippen LogP contribution is 2.16. The minimum Gasteiger partial charge on any atom is -0.286 e. The van der Waals surface area contributed by atoms with Crippen LogP contribution in [-0.2, 0) is 9.59 Å². The molecule has 0 fully saturated rings. The molecule has 1 aromatic heterocycles. The quantitative estimate of drug-likeness (QED) is 0.270. The van der Waals surface area contributed by atoms with E-state index in [-0.39, 0.29) is 13.0 Å². The third kappa shape index (κ3) is 5.75. The van der Waals surface area contributed by atoms with Crippen LogP contribution in [0.1, 0.15) is 43.0 Å². The zero-order chi connectivity index (χ0) is 19.6. The Morgan fingerprint density at radius 2 is 2.00 bits per heavy atom. The van der Waals surface area contributed by atoms with Gasteiger partial charge in [0.2, 0.25) is 12.3 Å². The molecule has 8 nitrogen and oxygen atoms in total. The van der Waals surface area contributed by atoms with E-state index in [2.05, 4.69) is 15.8 Å². The molecule has 1 aromatic carbocycles. The van der Waals surface area contributed by atoms with E-state index in [0.29, 0.717) is 28.0 Å². The number of unbranched alkanes of at least 4 members (excludes halogenated alkanes) is 2. The first-order chi connectivity index (χ1) is 13.1. The first kappa shape index (κ1) is 20.3. The number of hydrogen-bond acceptors (Lipinski definition) is 5. The minimum atomic E-state index is -0.624. The van der Waals surface area contributed by atoms with Crippen LogP contribution in [0.15, 0.2) is 36.5 Å². The molecule has 0 aliphatic heterocycles. The molecule has 144 valence electrons. The summed E-state index contributed by atoms with van der Waals surface area (Å²) in [4.78, 5) is 39.7. The van der Waals surface area contributed by atoms with Gasteiger partial charge in [-0.25, -0.2) is 5.06 Å². The van der Waals surface area contributed by atoms with Crippen molar-refractivity contribution >= 4 is 29.1 Å². The summed E-state index contributed by atoms with van der Waals surface area (Å²) < 4.78 is 0. The van der Waals surface area contributed by atoms with E-state index in [9.17, 15) is 19.6 Å². The normalized spacial score (nSPS) is 11.6. The molecule has 3 N–H and O–H groups in total. The van der Waals surface area contributed by atoms with Gasteiger partial charge < -0.3 is 0 Å². The van der Waals surface area contributed by atoms with Crippen LogP contribution in [-0.4, -0.2) is 40.0 Å². The van der Waals surface area contributed by atoms with Crippen LogP contribution in [0.5, 0.6) is 0 Å². The molecule has 1 heterocycles. The third-order valence-electron chi connectivity index (χ3n) is 4.25. The lowest BCUT2D eigenvalue weighted by Crippen LogP contribution is -2.46. The summed E-state index contributed by atoms with van der Waals surface area (Å²) in [7, 11) is 0. The average Bonchev–Trinajstić information content (AvgIpc) is 2.70. The van der Waals surface area contributed by atoms with Gasteiger partial charge in [0, 0.05) is 11.6 Å². The second-order valence-electron chi connectivity index (χ2n) is 6.24. The number of benzene rings is 1. The molecule has 2 aromatic rings. The zero-order valence-corrected chi connectivity index (χ0v) is 15.2. The van der Waals surface area contributed by atoms with Crippen molar-refractivity contribution < 1.29 is 19.6 Å². The van der Waals surface area contributed by atoms with E-state index in [1.54, 1.807) is 24.3 Å². The van der Waals surface area contributed by atoms with Crippen LogP contribution in [0.25, 0.3) is 10.9 Å². The standard InChI is InChI=1S/C19H24N4O4/c1-2-3-4-7-14(12-23(27)13-24)18(25)21-22-19(26)16-10-11-20-17-9-6-5-8-15(16)17/h5-6,8-11,13-14,27H,2-4,7,12H2,1H3,(H,21,25)(H,22,26)/t14-/m1/s1. The van der Waals surface area contributed by atoms with Crippen LogP contribution < -0.4 is 10.9 Å². The van der Waals surface area contributed by atoms with Gasteiger partial charge in [0.05, 0.1) is 23.5 Å². The largest absolute Gasteiger partial charge is 0.286 e. The topological polar surface area (TPSA) is 112 Å². The van der Waals surface area contributed by atoms with Crippen LogP contribution >= 0.6 is 0 Å². The molecule has 0 aliphatic rings. The summed E-state index contributed by atoms with van der Waals surface area (Å²) in [5.74, 6) is -1.55. The lowest BCUT2D eigenvalue weighted by molar-refractivity contribution is -0.154. The molecule has 0 radical (unpaired) electrons. The van der Waals surface area contributed by atoms with E-state index < -0.39 is 17.7 Å². The highest BCUT2D eigenvalue weighted by Gasteiger charge is 2.21. The zero-order valence-electron chi connectivity index (χ0n) is 15.2. The van der Waals surface area contributed by atoms with Crippen molar-refractivity contribution in [2.75, 3.05) is 6.54 Å². The van der Waals surface area contributed by atoms with Crippen molar-refractivity contribution in [3.05, 3.63) is 42.1 Å². The van der Waals surface area contributed by atoms with Gasteiger partial charge in [-0.05, 0) is 18.6 Å². The Kier molecular flexibility index (Phi) is 7.69. The molecule has 0 saturated carbocycles. The van der Waals surface area contributed by atoms with Crippen LogP contribution in [0, 0.1) is 5.92 Å². The maximum Gasteiger partial charge on any atom is 0.270 e. The lowest BCUT2D eigenvalue weighted by atomic mass is 10.0. The van der Waals surface area contributed by atoms with E-state index in [1.165, 1.54) is 6.20 Å². The maximum atomic E-state index is 12.5. The number of para-hydroxylation sites is 1. The molecule has 2 rings (SSSR count). The lowest BCUT2D eigenvalue weighted by Gasteiger charge is -2.19. The Morgan fingerprint density at radius 3 is 2.74 bits per heavy atom. The number of carbonyl (C=O) groups is 3. The molecule has 0 bridgehead atoms. The molecular formula is C19H24N4O4. The van der Waals surface area contributed by atoms with Crippen LogP contribution in [0.4, 0.5) is 0 Å². The van der Waals surface area contributed by atoms with Crippen molar-refractivity contribution in [2.24, 2.45) is 5.92 Å². The maximum absolute atomic E-state index is 12.5. The number of nitrogens with zero attached hydrogens (tertiary/aromatic N) is 2. The van der Waals surface area contributed by atoms with Crippen LogP contribution in [0.3, 0.4) is 0 Å². The number of carbonyl (C=O) groups excluding carboxylic acids is 3. The fourth-order valence-corrected chi connectivity index (χ4v) is 2.80. The molecule has 0 aliphatic carbocycles. The summed E-state index contributed by atoms with van der Waals surface area (Å²) in [6, 6.07) is 8.78. The van der Waals surface area contributed by atoms with Crippen molar-refractivity contribution in [1.29, 1.82) is 0 Å². The molecule has 0 saturated heterocycles. The molecule has 8 heteroatoms. The fourth-order valence-electron chi connectivity index (χ4n) is 2.80. The van der Waals surface area contributed by atoms with Crippen molar-refractivity contribution in [2.45, 2.75) is 32.6 Å².